The first-order valence-corrected chi connectivity index (χ1v) is 7.74. The molecule has 0 saturated carbocycles. The molecule has 0 amide bonds. The lowest BCUT2D eigenvalue weighted by Crippen LogP contribution is -2.57. The average molecular weight is 260 g/mol. The van der Waals surface area contributed by atoms with Crippen LogP contribution < -0.4 is 10.2 Å². The largest absolute Gasteiger partial charge is 0.366 e. The third kappa shape index (κ3) is 3.30. The molecule has 2 nitrogen and oxygen atoms in total. The number of anilines is 1. The Hall–Kier alpha value is -1.02. The highest BCUT2D eigenvalue weighted by molar-refractivity contribution is 5.50. The summed E-state index contributed by atoms with van der Waals surface area (Å²) in [6.07, 6.45) is 2.36. The smallest absolute Gasteiger partial charge is 0.0387 e. The highest BCUT2D eigenvalue weighted by Crippen LogP contribution is 2.23. The predicted octanol–water partition coefficient (Wildman–Crippen LogP) is 3.46. The Labute approximate surface area is 118 Å². The van der Waals surface area contributed by atoms with Crippen molar-refractivity contribution < 1.29 is 0 Å². The van der Waals surface area contributed by atoms with Crippen molar-refractivity contribution in [2.45, 2.75) is 52.6 Å². The van der Waals surface area contributed by atoms with Crippen LogP contribution in [0.5, 0.6) is 0 Å². The number of rotatable bonds is 4. The van der Waals surface area contributed by atoms with E-state index in [4.69, 9.17) is 0 Å². The van der Waals surface area contributed by atoms with Crippen molar-refractivity contribution in [3.63, 3.8) is 0 Å². The van der Waals surface area contributed by atoms with Gasteiger partial charge < -0.3 is 10.2 Å². The van der Waals surface area contributed by atoms with Crippen LogP contribution in [0.25, 0.3) is 0 Å². The minimum absolute atomic E-state index is 0.576. The molecule has 0 aromatic heterocycles. The molecule has 0 aliphatic carbocycles. The van der Waals surface area contributed by atoms with Crippen LogP contribution in [-0.4, -0.2) is 25.2 Å². The fourth-order valence-electron chi connectivity index (χ4n) is 2.87. The number of hydrogen-bond acceptors (Lipinski definition) is 2. The van der Waals surface area contributed by atoms with E-state index >= 15 is 0 Å². The van der Waals surface area contributed by atoms with Gasteiger partial charge in [0.05, 0.1) is 0 Å². The van der Waals surface area contributed by atoms with Crippen molar-refractivity contribution in [1.82, 2.24) is 5.32 Å². The molecule has 1 saturated heterocycles. The van der Waals surface area contributed by atoms with Crippen molar-refractivity contribution >= 4 is 5.69 Å². The average Bonchev–Trinajstić information content (AvgIpc) is 2.47. The Morgan fingerprint density at radius 1 is 1.37 bits per heavy atom. The highest BCUT2D eigenvalue weighted by Gasteiger charge is 2.27. The van der Waals surface area contributed by atoms with Gasteiger partial charge in [0.2, 0.25) is 0 Å². The molecule has 1 aromatic carbocycles. The van der Waals surface area contributed by atoms with Crippen molar-refractivity contribution in [1.29, 1.82) is 0 Å². The van der Waals surface area contributed by atoms with E-state index in [0.717, 1.165) is 25.4 Å². The molecule has 3 unspecified atom stereocenters. The molecule has 2 rings (SSSR count). The Morgan fingerprint density at radius 3 is 2.84 bits per heavy atom. The summed E-state index contributed by atoms with van der Waals surface area (Å²) in [4.78, 5) is 2.58. The SMILES string of the molecule is CCc1cccc(N2CC(C(C)CC)NCC2C)c1. The molecule has 19 heavy (non-hydrogen) atoms. The van der Waals surface area contributed by atoms with Gasteiger partial charge in [-0.1, -0.05) is 39.3 Å². The van der Waals surface area contributed by atoms with Gasteiger partial charge in [-0.3, -0.25) is 0 Å². The van der Waals surface area contributed by atoms with Gasteiger partial charge in [0, 0.05) is 30.9 Å². The fourth-order valence-corrected chi connectivity index (χ4v) is 2.87. The zero-order chi connectivity index (χ0) is 13.8. The van der Waals surface area contributed by atoms with Gasteiger partial charge in [-0.2, -0.15) is 0 Å². The van der Waals surface area contributed by atoms with Gasteiger partial charge in [-0.25, -0.2) is 0 Å². The lowest BCUT2D eigenvalue weighted by atomic mass is 9.95. The van der Waals surface area contributed by atoms with E-state index < -0.39 is 0 Å². The second-order valence-corrected chi connectivity index (χ2v) is 5.93. The number of hydrogen-bond donors (Lipinski definition) is 1. The molecule has 1 fully saturated rings. The maximum Gasteiger partial charge on any atom is 0.0387 e. The lowest BCUT2D eigenvalue weighted by molar-refractivity contribution is 0.316. The molecule has 1 aliphatic rings. The molecule has 0 bridgehead atoms. The summed E-state index contributed by atoms with van der Waals surface area (Å²) in [5.41, 5.74) is 2.82. The van der Waals surface area contributed by atoms with E-state index in [-0.39, 0.29) is 0 Å². The van der Waals surface area contributed by atoms with Crippen LogP contribution in [0.2, 0.25) is 0 Å². The number of nitrogens with one attached hydrogen (secondary N) is 1. The van der Waals surface area contributed by atoms with Gasteiger partial charge in [-0.15, -0.1) is 0 Å². The molecule has 1 aliphatic heterocycles. The lowest BCUT2D eigenvalue weighted by Gasteiger charge is -2.42. The molecule has 1 N–H and O–H groups in total. The fraction of sp³-hybridized carbons (Fsp3) is 0.647. The zero-order valence-corrected chi connectivity index (χ0v) is 12.8. The van der Waals surface area contributed by atoms with E-state index in [1.165, 1.54) is 17.7 Å². The van der Waals surface area contributed by atoms with E-state index in [0.29, 0.717) is 12.1 Å². The van der Waals surface area contributed by atoms with Crippen molar-refractivity contribution in [3.05, 3.63) is 29.8 Å². The summed E-state index contributed by atoms with van der Waals surface area (Å²) in [7, 11) is 0. The Bertz CT molecular complexity index is 402. The summed E-state index contributed by atoms with van der Waals surface area (Å²) in [5, 5.41) is 3.71. The number of benzene rings is 1. The minimum atomic E-state index is 0.576. The predicted molar refractivity (Wildman–Crippen MR) is 83.9 cm³/mol. The van der Waals surface area contributed by atoms with E-state index in [1.54, 1.807) is 0 Å². The third-order valence-corrected chi connectivity index (χ3v) is 4.58. The Balaban J connectivity index is 2.16. The molecule has 1 aromatic rings. The zero-order valence-electron chi connectivity index (χ0n) is 12.8. The van der Waals surface area contributed by atoms with Gasteiger partial charge in [0.1, 0.15) is 0 Å². The minimum Gasteiger partial charge on any atom is -0.366 e. The van der Waals surface area contributed by atoms with E-state index in [9.17, 15) is 0 Å². The van der Waals surface area contributed by atoms with Gasteiger partial charge in [0.15, 0.2) is 0 Å². The molecule has 0 radical (unpaired) electrons. The summed E-state index contributed by atoms with van der Waals surface area (Å²) in [5.74, 6) is 0.740. The second-order valence-electron chi connectivity index (χ2n) is 5.93. The number of nitrogens with zero attached hydrogens (tertiary/aromatic N) is 1. The third-order valence-electron chi connectivity index (χ3n) is 4.58. The first-order chi connectivity index (χ1) is 9.15. The maximum absolute atomic E-state index is 3.71. The Kier molecular flexibility index (Phi) is 4.87. The van der Waals surface area contributed by atoms with Crippen LogP contribution in [0.3, 0.4) is 0 Å². The summed E-state index contributed by atoms with van der Waals surface area (Å²) in [6.45, 7) is 11.4. The van der Waals surface area contributed by atoms with Gasteiger partial charge >= 0.3 is 0 Å². The molecule has 0 spiro atoms. The summed E-state index contributed by atoms with van der Waals surface area (Å²) < 4.78 is 0. The second kappa shape index (κ2) is 6.42. The van der Waals surface area contributed by atoms with E-state index in [1.807, 2.05) is 0 Å². The van der Waals surface area contributed by atoms with Crippen molar-refractivity contribution in [2.75, 3.05) is 18.0 Å². The first-order valence-electron chi connectivity index (χ1n) is 7.74. The topological polar surface area (TPSA) is 15.3 Å². The summed E-state index contributed by atoms with van der Waals surface area (Å²) >= 11 is 0. The molecule has 1 heterocycles. The van der Waals surface area contributed by atoms with Crippen LogP contribution in [-0.2, 0) is 6.42 Å². The van der Waals surface area contributed by atoms with Crippen LogP contribution in [0, 0.1) is 5.92 Å². The molecular formula is C17H28N2. The molecular weight excluding hydrogens is 232 g/mol. The van der Waals surface area contributed by atoms with Crippen molar-refractivity contribution in [2.24, 2.45) is 5.92 Å². The highest BCUT2D eigenvalue weighted by atomic mass is 15.2. The van der Waals surface area contributed by atoms with Crippen LogP contribution in [0.4, 0.5) is 5.69 Å². The molecule has 106 valence electrons. The quantitative estimate of drug-likeness (QED) is 0.892. The summed E-state index contributed by atoms with van der Waals surface area (Å²) in [6, 6.07) is 10.2. The molecule has 3 atom stereocenters. The monoisotopic (exact) mass is 260 g/mol. The standard InChI is InChI=1S/C17H28N2/c1-5-13(3)17-12-19(14(4)11-18-17)16-9-7-8-15(6-2)10-16/h7-10,13-14,17-18H,5-6,11-12H2,1-4H3. The van der Waals surface area contributed by atoms with Crippen LogP contribution in [0.15, 0.2) is 24.3 Å². The molecule has 2 heteroatoms. The van der Waals surface area contributed by atoms with E-state index in [2.05, 4.69) is 62.2 Å². The van der Waals surface area contributed by atoms with Gasteiger partial charge in [-0.05, 0) is 37.0 Å². The number of piperazine rings is 1. The van der Waals surface area contributed by atoms with Crippen LogP contribution >= 0.6 is 0 Å². The number of aryl methyl sites for hydroxylation is 1. The Morgan fingerprint density at radius 2 is 2.16 bits per heavy atom. The normalized spacial score (nSPS) is 25.4. The van der Waals surface area contributed by atoms with Gasteiger partial charge in [0.25, 0.3) is 0 Å². The van der Waals surface area contributed by atoms with Crippen molar-refractivity contribution in [3.8, 4) is 0 Å². The van der Waals surface area contributed by atoms with Crippen LogP contribution in [0.1, 0.15) is 39.7 Å². The first kappa shape index (κ1) is 14.4. The maximum atomic E-state index is 3.71.